The molecule has 1 aromatic rings. The van der Waals surface area contributed by atoms with Crippen LogP contribution in [0.4, 0.5) is 4.39 Å². The van der Waals surface area contributed by atoms with Crippen LogP contribution in [0.1, 0.15) is 31.4 Å². The van der Waals surface area contributed by atoms with Gasteiger partial charge in [-0.25, -0.2) is 4.39 Å². The Kier molecular flexibility index (Phi) is 3.27. The molecular weight excluding hydrogens is 151 g/mol. The Morgan fingerprint density at radius 2 is 1.92 bits per heavy atom. The van der Waals surface area contributed by atoms with Crippen molar-refractivity contribution in [1.82, 2.24) is 0 Å². The number of halogens is 1. The Balaban J connectivity index is 2.94. The molecule has 1 aromatic carbocycles. The Hall–Kier alpha value is -0.850. The van der Waals surface area contributed by atoms with Gasteiger partial charge in [0.2, 0.25) is 0 Å². The van der Waals surface area contributed by atoms with E-state index in [4.69, 9.17) is 0 Å². The molecule has 1 rings (SSSR count). The summed E-state index contributed by atoms with van der Waals surface area (Å²) in [6.07, 6.45) is 3.11. The van der Waals surface area contributed by atoms with E-state index in [-0.39, 0.29) is 5.82 Å². The molecule has 0 aliphatic heterocycles. The Bertz CT molecular complexity index is 253. The van der Waals surface area contributed by atoms with Crippen LogP contribution in [0, 0.1) is 5.82 Å². The molecule has 0 atom stereocenters. The first-order chi connectivity index (χ1) is 5.77. The molecule has 0 nitrogen and oxygen atoms in total. The summed E-state index contributed by atoms with van der Waals surface area (Å²) in [6, 6.07) is 5.09. The van der Waals surface area contributed by atoms with Crippen LogP contribution in [0.15, 0.2) is 18.2 Å². The molecule has 0 bridgehead atoms. The lowest BCUT2D eigenvalue weighted by atomic mass is 10.0. The normalized spacial score (nSPS) is 10.2. The SMILES string of the molecule is CCCc1ccc(F)cc1CC. The minimum Gasteiger partial charge on any atom is -0.207 e. The third kappa shape index (κ3) is 2.07. The van der Waals surface area contributed by atoms with E-state index in [2.05, 4.69) is 13.8 Å². The monoisotopic (exact) mass is 166 g/mol. The number of benzene rings is 1. The summed E-state index contributed by atoms with van der Waals surface area (Å²) >= 11 is 0. The minimum atomic E-state index is -0.119. The first-order valence-electron chi connectivity index (χ1n) is 4.55. The quantitative estimate of drug-likeness (QED) is 0.646. The standard InChI is InChI=1S/C11H15F/c1-3-5-10-6-7-11(12)8-9(10)4-2/h6-8H,3-5H2,1-2H3. The van der Waals surface area contributed by atoms with E-state index in [1.807, 2.05) is 6.07 Å². The van der Waals surface area contributed by atoms with Crippen LogP contribution in [0.25, 0.3) is 0 Å². The van der Waals surface area contributed by atoms with Gasteiger partial charge in [0.1, 0.15) is 5.82 Å². The molecule has 0 saturated heterocycles. The highest BCUT2D eigenvalue weighted by molar-refractivity contribution is 5.27. The van der Waals surface area contributed by atoms with E-state index in [0.717, 1.165) is 24.8 Å². The Morgan fingerprint density at radius 3 is 2.50 bits per heavy atom. The van der Waals surface area contributed by atoms with E-state index < -0.39 is 0 Å². The summed E-state index contributed by atoms with van der Waals surface area (Å²) in [5, 5.41) is 0. The summed E-state index contributed by atoms with van der Waals surface area (Å²) < 4.78 is 12.8. The maximum absolute atomic E-state index is 12.8. The zero-order valence-corrected chi connectivity index (χ0v) is 7.73. The molecule has 12 heavy (non-hydrogen) atoms. The summed E-state index contributed by atoms with van der Waals surface area (Å²) in [5.41, 5.74) is 2.44. The zero-order valence-electron chi connectivity index (χ0n) is 7.73. The van der Waals surface area contributed by atoms with Crippen LogP contribution in [-0.4, -0.2) is 0 Å². The van der Waals surface area contributed by atoms with E-state index in [0.29, 0.717) is 0 Å². The number of aryl methyl sites for hydroxylation is 2. The minimum absolute atomic E-state index is 0.119. The van der Waals surface area contributed by atoms with Crippen molar-refractivity contribution in [1.29, 1.82) is 0 Å². The Labute approximate surface area is 73.4 Å². The van der Waals surface area contributed by atoms with Gasteiger partial charge >= 0.3 is 0 Å². The van der Waals surface area contributed by atoms with Gasteiger partial charge in [0.15, 0.2) is 0 Å². The van der Waals surface area contributed by atoms with Crippen molar-refractivity contribution in [2.45, 2.75) is 33.1 Å². The van der Waals surface area contributed by atoms with Gasteiger partial charge in [0.25, 0.3) is 0 Å². The molecule has 66 valence electrons. The van der Waals surface area contributed by atoms with Crippen molar-refractivity contribution in [3.8, 4) is 0 Å². The lowest BCUT2D eigenvalue weighted by Crippen LogP contribution is -1.93. The molecule has 0 N–H and O–H groups in total. The highest BCUT2D eigenvalue weighted by Crippen LogP contribution is 2.13. The van der Waals surface area contributed by atoms with Gasteiger partial charge in [0.05, 0.1) is 0 Å². The second-order valence-corrected chi connectivity index (χ2v) is 3.02. The summed E-state index contributed by atoms with van der Waals surface area (Å²) in [4.78, 5) is 0. The van der Waals surface area contributed by atoms with Crippen LogP contribution >= 0.6 is 0 Å². The molecule has 0 fully saturated rings. The smallest absolute Gasteiger partial charge is 0.123 e. The zero-order chi connectivity index (χ0) is 8.97. The first kappa shape index (κ1) is 9.24. The molecule has 0 aliphatic carbocycles. The molecule has 0 spiro atoms. The maximum Gasteiger partial charge on any atom is 0.123 e. The second kappa shape index (κ2) is 4.24. The number of hydrogen-bond donors (Lipinski definition) is 0. The topological polar surface area (TPSA) is 0 Å². The molecular formula is C11H15F. The van der Waals surface area contributed by atoms with E-state index in [1.54, 1.807) is 12.1 Å². The molecule has 1 heteroatoms. The third-order valence-corrected chi connectivity index (χ3v) is 2.07. The highest BCUT2D eigenvalue weighted by atomic mass is 19.1. The number of hydrogen-bond acceptors (Lipinski definition) is 0. The predicted octanol–water partition coefficient (Wildman–Crippen LogP) is 3.34. The summed E-state index contributed by atoms with van der Waals surface area (Å²) in [7, 11) is 0. The molecule has 0 unspecified atom stereocenters. The Morgan fingerprint density at radius 1 is 1.17 bits per heavy atom. The van der Waals surface area contributed by atoms with Crippen LogP contribution in [0.3, 0.4) is 0 Å². The average Bonchev–Trinajstić information content (AvgIpc) is 2.08. The fraction of sp³-hybridized carbons (Fsp3) is 0.455. The van der Waals surface area contributed by atoms with Crippen molar-refractivity contribution >= 4 is 0 Å². The van der Waals surface area contributed by atoms with Crippen molar-refractivity contribution in [3.63, 3.8) is 0 Å². The van der Waals surface area contributed by atoms with Gasteiger partial charge < -0.3 is 0 Å². The molecule has 0 heterocycles. The predicted molar refractivity (Wildman–Crippen MR) is 49.8 cm³/mol. The second-order valence-electron chi connectivity index (χ2n) is 3.02. The summed E-state index contributed by atoms with van der Waals surface area (Å²) in [6.45, 7) is 4.21. The van der Waals surface area contributed by atoms with Crippen LogP contribution in [0.2, 0.25) is 0 Å². The fourth-order valence-corrected chi connectivity index (χ4v) is 1.44. The first-order valence-corrected chi connectivity index (χ1v) is 4.55. The van der Waals surface area contributed by atoms with Crippen molar-refractivity contribution in [3.05, 3.63) is 35.1 Å². The van der Waals surface area contributed by atoms with Crippen LogP contribution in [0.5, 0.6) is 0 Å². The third-order valence-electron chi connectivity index (χ3n) is 2.07. The lowest BCUT2D eigenvalue weighted by Gasteiger charge is -2.05. The van der Waals surface area contributed by atoms with Gasteiger partial charge in [-0.2, -0.15) is 0 Å². The van der Waals surface area contributed by atoms with Gasteiger partial charge in [-0.05, 0) is 36.1 Å². The summed E-state index contributed by atoms with van der Waals surface area (Å²) in [5.74, 6) is -0.119. The van der Waals surface area contributed by atoms with Crippen molar-refractivity contribution in [2.24, 2.45) is 0 Å². The van der Waals surface area contributed by atoms with Gasteiger partial charge in [-0.1, -0.05) is 26.3 Å². The molecule has 0 saturated carbocycles. The van der Waals surface area contributed by atoms with Gasteiger partial charge in [0, 0.05) is 0 Å². The molecule has 0 radical (unpaired) electrons. The van der Waals surface area contributed by atoms with E-state index in [1.165, 1.54) is 5.56 Å². The van der Waals surface area contributed by atoms with Crippen molar-refractivity contribution in [2.75, 3.05) is 0 Å². The molecule has 0 aromatic heterocycles. The van der Waals surface area contributed by atoms with Crippen LogP contribution in [-0.2, 0) is 12.8 Å². The van der Waals surface area contributed by atoms with E-state index in [9.17, 15) is 4.39 Å². The van der Waals surface area contributed by atoms with Crippen molar-refractivity contribution < 1.29 is 4.39 Å². The molecule has 0 amide bonds. The fourth-order valence-electron chi connectivity index (χ4n) is 1.44. The highest BCUT2D eigenvalue weighted by Gasteiger charge is 2.00. The number of rotatable bonds is 3. The van der Waals surface area contributed by atoms with E-state index >= 15 is 0 Å². The maximum atomic E-state index is 12.8. The van der Waals surface area contributed by atoms with Gasteiger partial charge in [-0.3, -0.25) is 0 Å². The van der Waals surface area contributed by atoms with Crippen LogP contribution < -0.4 is 0 Å². The molecule has 0 aliphatic rings. The largest absolute Gasteiger partial charge is 0.207 e. The van der Waals surface area contributed by atoms with Gasteiger partial charge in [-0.15, -0.1) is 0 Å². The average molecular weight is 166 g/mol. The lowest BCUT2D eigenvalue weighted by molar-refractivity contribution is 0.624.